The average Bonchev–Trinajstić information content (AvgIpc) is 3.65. The molecule has 4 aromatic carbocycles. The van der Waals surface area contributed by atoms with E-state index in [1.165, 1.54) is 7.11 Å². The molecule has 1 saturated heterocycles. The molecule has 282 valence electrons. The number of aliphatic imine (C=N–C) groups is 1. The number of methoxy groups -OCH3 is 1. The van der Waals surface area contributed by atoms with E-state index in [-0.39, 0.29) is 49.3 Å². The van der Waals surface area contributed by atoms with Gasteiger partial charge >= 0.3 is 11.9 Å². The summed E-state index contributed by atoms with van der Waals surface area (Å²) in [6.07, 6.45) is -2.07. The van der Waals surface area contributed by atoms with Crippen LogP contribution in [-0.2, 0) is 46.5 Å². The first-order chi connectivity index (χ1) is 25.9. The average molecular weight is 757 g/mol. The van der Waals surface area contributed by atoms with Crippen molar-refractivity contribution in [1.82, 2.24) is 4.98 Å². The Bertz CT molecular complexity index is 2270. The second-order valence-electron chi connectivity index (χ2n) is 13.5. The summed E-state index contributed by atoms with van der Waals surface area (Å²) in [6.45, 7) is 3.82. The van der Waals surface area contributed by atoms with Crippen molar-refractivity contribution in [1.29, 1.82) is 0 Å². The third-order valence-corrected chi connectivity index (χ3v) is 9.94. The van der Waals surface area contributed by atoms with E-state index in [0.717, 1.165) is 28.3 Å². The SMILES string of the molecule is COc1cc(C(=O)O[C@H](c2nc(C3=N[C@@H](COS(C)(=O)=O)[C@@H](OCc4ccccc4)[C@@H]3OCc3ccccc3)c(O)o2)[C@]2(C)CO2)c2cccc(C)c2c1. The Labute approximate surface area is 312 Å². The molecule has 7 rings (SSSR count). The van der Waals surface area contributed by atoms with Gasteiger partial charge in [-0.25, -0.2) is 9.78 Å². The third-order valence-electron chi connectivity index (χ3n) is 9.38. The first-order valence-electron chi connectivity index (χ1n) is 17.3. The molecule has 14 heteroatoms. The van der Waals surface area contributed by atoms with Crippen LogP contribution in [0.25, 0.3) is 10.8 Å². The van der Waals surface area contributed by atoms with E-state index >= 15 is 0 Å². The Balaban J connectivity index is 1.24. The number of hydrogen-bond donors (Lipinski definition) is 1. The van der Waals surface area contributed by atoms with E-state index in [0.29, 0.717) is 11.1 Å². The molecule has 0 spiro atoms. The molecular weight excluding hydrogens is 717 g/mol. The number of benzene rings is 4. The largest absolute Gasteiger partial charge is 0.497 e. The number of aromatic nitrogens is 1. The highest BCUT2D eigenvalue weighted by Crippen LogP contribution is 2.44. The van der Waals surface area contributed by atoms with Gasteiger partial charge in [-0.05, 0) is 53.4 Å². The van der Waals surface area contributed by atoms with Crippen molar-refractivity contribution in [3.05, 3.63) is 125 Å². The second kappa shape index (κ2) is 15.3. The van der Waals surface area contributed by atoms with E-state index in [9.17, 15) is 18.3 Å². The molecule has 2 aliphatic rings. The molecule has 0 amide bonds. The van der Waals surface area contributed by atoms with Gasteiger partial charge in [0.2, 0.25) is 12.0 Å². The predicted molar refractivity (Wildman–Crippen MR) is 197 cm³/mol. The zero-order chi connectivity index (χ0) is 38.0. The molecule has 13 nitrogen and oxygen atoms in total. The zero-order valence-corrected chi connectivity index (χ0v) is 30.9. The van der Waals surface area contributed by atoms with E-state index < -0.39 is 52.0 Å². The number of oxazole rings is 1. The topological polar surface area (TPSA) is 169 Å². The quantitative estimate of drug-likeness (QED) is 0.0769. The fourth-order valence-electron chi connectivity index (χ4n) is 6.38. The zero-order valence-electron chi connectivity index (χ0n) is 30.1. The molecular formula is C40H40N2O11S. The van der Waals surface area contributed by atoms with Gasteiger partial charge in [-0.15, -0.1) is 0 Å². The Hall–Kier alpha value is -5.12. The number of carbonyl (C=O) groups excluding carboxylic acids is 1. The lowest BCUT2D eigenvalue weighted by molar-refractivity contribution is -0.0620. The first kappa shape index (κ1) is 37.2. The van der Waals surface area contributed by atoms with Gasteiger partial charge in [-0.2, -0.15) is 8.42 Å². The Morgan fingerprint density at radius 1 is 0.963 bits per heavy atom. The summed E-state index contributed by atoms with van der Waals surface area (Å²) < 4.78 is 65.4. The number of esters is 1. The van der Waals surface area contributed by atoms with Gasteiger partial charge in [0.15, 0.2) is 5.69 Å². The number of fused-ring (bicyclic) bond motifs is 1. The second-order valence-corrected chi connectivity index (χ2v) is 15.1. The molecule has 0 bridgehead atoms. The standard InChI is InChI=1S/C40H40N2O11S/c1-24-12-11-17-28-29(24)18-27(47-3)19-30(28)38(43)52-36(40(2)23-50-40)37-42-33(39(44)53-37)32-35(49-21-26-15-9-6-10-16-26)34(31(41-32)22-51-54(4,45)46)48-20-25-13-7-5-8-14-25/h5-19,31,34-36,44H,20-23H2,1-4H3/t31-,34+,35+,36+,40-/m0/s1. The number of aromatic hydroxyl groups is 1. The number of nitrogens with zero attached hydrogens (tertiary/aromatic N) is 2. The first-order valence-corrected chi connectivity index (χ1v) is 19.1. The van der Waals surface area contributed by atoms with Crippen molar-refractivity contribution < 1.29 is 50.6 Å². The maximum atomic E-state index is 14.0. The maximum Gasteiger partial charge on any atom is 0.339 e. The molecule has 1 aromatic heterocycles. The molecule has 5 atom stereocenters. The van der Waals surface area contributed by atoms with Gasteiger partial charge in [0.05, 0.1) is 45.4 Å². The lowest BCUT2D eigenvalue weighted by Crippen LogP contribution is -2.41. The van der Waals surface area contributed by atoms with Crippen molar-refractivity contribution >= 4 is 32.6 Å². The minimum absolute atomic E-state index is 0.0917. The molecule has 0 aliphatic carbocycles. The highest BCUT2D eigenvalue weighted by molar-refractivity contribution is 7.85. The van der Waals surface area contributed by atoms with Crippen LogP contribution in [0.15, 0.2) is 100 Å². The third kappa shape index (κ3) is 8.17. The molecule has 1 fully saturated rings. The molecule has 1 N–H and O–H groups in total. The smallest absolute Gasteiger partial charge is 0.339 e. The molecule has 0 radical (unpaired) electrons. The minimum Gasteiger partial charge on any atom is -0.497 e. The van der Waals surface area contributed by atoms with Crippen molar-refractivity contribution in [2.24, 2.45) is 4.99 Å². The van der Waals surface area contributed by atoms with Crippen molar-refractivity contribution in [2.75, 3.05) is 26.6 Å². The van der Waals surface area contributed by atoms with Crippen LogP contribution in [-0.4, -0.2) is 80.6 Å². The summed E-state index contributed by atoms with van der Waals surface area (Å²) in [7, 11) is -2.34. The van der Waals surface area contributed by atoms with Crippen molar-refractivity contribution in [3.8, 4) is 11.7 Å². The number of ether oxygens (including phenoxy) is 5. The van der Waals surface area contributed by atoms with Gasteiger partial charge < -0.3 is 33.2 Å². The molecule has 54 heavy (non-hydrogen) atoms. The van der Waals surface area contributed by atoms with E-state index in [1.807, 2.05) is 91.9 Å². The Morgan fingerprint density at radius 3 is 2.26 bits per heavy atom. The van der Waals surface area contributed by atoms with Crippen LogP contribution in [0, 0.1) is 6.92 Å². The number of epoxide rings is 1. The summed E-state index contributed by atoms with van der Waals surface area (Å²) in [6, 6.07) is 27.0. The van der Waals surface area contributed by atoms with Gasteiger partial charge in [-0.1, -0.05) is 78.9 Å². The summed E-state index contributed by atoms with van der Waals surface area (Å²) in [5.41, 5.74) is 1.96. The van der Waals surface area contributed by atoms with Crippen LogP contribution in [0.5, 0.6) is 11.7 Å². The fraction of sp³-hybridized carbons (Fsp3) is 0.325. The maximum absolute atomic E-state index is 14.0. The Morgan fingerprint density at radius 2 is 1.63 bits per heavy atom. The van der Waals surface area contributed by atoms with Crippen LogP contribution in [0.4, 0.5) is 0 Å². The molecule has 5 aromatic rings. The molecule has 3 heterocycles. The van der Waals surface area contributed by atoms with E-state index in [4.69, 9.17) is 37.3 Å². The van der Waals surface area contributed by atoms with Crippen LogP contribution in [0.3, 0.4) is 0 Å². The molecule has 2 aliphatic heterocycles. The summed E-state index contributed by atoms with van der Waals surface area (Å²) in [5, 5.41) is 12.8. The van der Waals surface area contributed by atoms with Crippen LogP contribution >= 0.6 is 0 Å². The molecule has 0 saturated carbocycles. The van der Waals surface area contributed by atoms with Crippen LogP contribution in [0.2, 0.25) is 0 Å². The van der Waals surface area contributed by atoms with E-state index in [1.54, 1.807) is 13.0 Å². The molecule has 0 unspecified atom stereocenters. The Kier molecular flexibility index (Phi) is 10.6. The highest BCUT2D eigenvalue weighted by Gasteiger charge is 2.54. The number of hydrogen-bond acceptors (Lipinski definition) is 13. The van der Waals surface area contributed by atoms with Crippen LogP contribution < -0.4 is 4.74 Å². The van der Waals surface area contributed by atoms with Crippen molar-refractivity contribution in [3.63, 3.8) is 0 Å². The van der Waals surface area contributed by atoms with E-state index in [2.05, 4.69) is 4.98 Å². The van der Waals surface area contributed by atoms with Crippen LogP contribution in [0.1, 0.15) is 51.7 Å². The number of rotatable bonds is 15. The van der Waals surface area contributed by atoms with Crippen molar-refractivity contribution in [2.45, 2.75) is 57.0 Å². The lowest BCUT2D eigenvalue weighted by atomic mass is 10.00. The van der Waals surface area contributed by atoms with Gasteiger partial charge in [-0.3, -0.25) is 9.18 Å². The van der Waals surface area contributed by atoms with Gasteiger partial charge in [0, 0.05) is 0 Å². The minimum atomic E-state index is -3.86. The predicted octanol–water partition coefficient (Wildman–Crippen LogP) is 5.86. The number of aryl methyl sites for hydroxylation is 1. The number of carbonyl (C=O) groups is 1. The van der Waals surface area contributed by atoms with Gasteiger partial charge in [0.25, 0.3) is 10.1 Å². The summed E-state index contributed by atoms with van der Waals surface area (Å²) in [5.74, 6) is -0.956. The fourth-order valence-corrected chi connectivity index (χ4v) is 6.77. The summed E-state index contributed by atoms with van der Waals surface area (Å²) >= 11 is 0. The monoisotopic (exact) mass is 756 g/mol. The normalized spacial score (nSPS) is 21.5. The van der Waals surface area contributed by atoms with Gasteiger partial charge in [0.1, 0.15) is 35.3 Å². The summed E-state index contributed by atoms with van der Waals surface area (Å²) in [4.78, 5) is 23.4. The lowest BCUT2D eigenvalue weighted by Gasteiger charge is -2.25. The highest BCUT2D eigenvalue weighted by atomic mass is 32.2.